The molecular formula is C14H18N2O4S. The first-order valence-corrected chi connectivity index (χ1v) is 8.11. The Morgan fingerprint density at radius 3 is 2.86 bits per heavy atom. The summed E-state index contributed by atoms with van der Waals surface area (Å²) in [5.41, 5.74) is -0.0423. The number of thioether (sulfide) groups is 1. The molecule has 0 aliphatic heterocycles. The second-order valence-corrected chi connectivity index (χ2v) is 6.30. The first-order chi connectivity index (χ1) is 10.0. The molecule has 0 amide bonds. The number of nitro benzene ring substituents is 1. The van der Waals surface area contributed by atoms with E-state index in [4.69, 9.17) is 5.11 Å². The molecule has 1 aliphatic carbocycles. The molecule has 0 bridgehead atoms. The van der Waals surface area contributed by atoms with Crippen molar-refractivity contribution in [1.82, 2.24) is 0 Å². The number of nitro groups is 1. The minimum atomic E-state index is -1.28. The summed E-state index contributed by atoms with van der Waals surface area (Å²) < 4.78 is 0. The number of anilines is 1. The molecule has 1 saturated carbocycles. The van der Waals surface area contributed by atoms with Crippen LogP contribution < -0.4 is 5.32 Å². The maximum Gasteiger partial charge on any atom is 0.342 e. The first-order valence-electron chi connectivity index (χ1n) is 6.82. The number of rotatable bonds is 5. The Kier molecular flexibility index (Phi) is 5.06. The Labute approximate surface area is 127 Å². The molecule has 2 N–H and O–H groups in total. The zero-order chi connectivity index (χ0) is 15.4. The summed E-state index contributed by atoms with van der Waals surface area (Å²) in [5, 5.41) is 23.9. The normalized spacial score (nSPS) is 21.8. The van der Waals surface area contributed by atoms with Crippen LogP contribution in [0.3, 0.4) is 0 Å². The molecule has 1 fully saturated rings. The second kappa shape index (κ2) is 6.80. The molecule has 2 unspecified atom stereocenters. The van der Waals surface area contributed by atoms with Crippen LogP contribution in [-0.2, 0) is 0 Å². The van der Waals surface area contributed by atoms with Gasteiger partial charge in [0.15, 0.2) is 0 Å². The van der Waals surface area contributed by atoms with Gasteiger partial charge in [0.25, 0.3) is 5.69 Å². The maximum absolute atomic E-state index is 11.0. The van der Waals surface area contributed by atoms with E-state index in [2.05, 4.69) is 11.6 Å². The average molecular weight is 310 g/mol. The van der Waals surface area contributed by atoms with Crippen molar-refractivity contribution in [3.63, 3.8) is 0 Å². The Morgan fingerprint density at radius 2 is 2.24 bits per heavy atom. The third-order valence-electron chi connectivity index (χ3n) is 3.76. The molecule has 0 saturated heterocycles. The number of nitrogens with zero attached hydrogens (tertiary/aromatic N) is 1. The van der Waals surface area contributed by atoms with Gasteiger partial charge < -0.3 is 10.4 Å². The van der Waals surface area contributed by atoms with E-state index < -0.39 is 10.9 Å². The van der Waals surface area contributed by atoms with Gasteiger partial charge in [-0.1, -0.05) is 6.42 Å². The molecule has 114 valence electrons. The third kappa shape index (κ3) is 3.87. The highest BCUT2D eigenvalue weighted by atomic mass is 32.2. The van der Waals surface area contributed by atoms with Crippen molar-refractivity contribution in [2.45, 2.75) is 37.0 Å². The minimum absolute atomic E-state index is 0.281. The molecule has 0 heterocycles. The molecule has 2 atom stereocenters. The van der Waals surface area contributed by atoms with Crippen LogP contribution in [0.5, 0.6) is 0 Å². The lowest BCUT2D eigenvalue weighted by Crippen LogP contribution is -2.28. The lowest BCUT2D eigenvalue weighted by Gasteiger charge is -2.29. The zero-order valence-corrected chi connectivity index (χ0v) is 12.6. The van der Waals surface area contributed by atoms with Gasteiger partial charge in [-0.05, 0) is 37.7 Å². The molecule has 0 spiro atoms. The van der Waals surface area contributed by atoms with Gasteiger partial charge in [0.05, 0.1) is 4.92 Å². The van der Waals surface area contributed by atoms with Crippen molar-refractivity contribution < 1.29 is 14.8 Å². The summed E-state index contributed by atoms with van der Waals surface area (Å²) in [6.45, 7) is 0. The van der Waals surface area contributed by atoms with Crippen molar-refractivity contribution in [3.05, 3.63) is 33.9 Å². The summed E-state index contributed by atoms with van der Waals surface area (Å²) in [7, 11) is 0. The summed E-state index contributed by atoms with van der Waals surface area (Å²) >= 11 is 1.85. The van der Waals surface area contributed by atoms with Crippen molar-refractivity contribution in [2.24, 2.45) is 0 Å². The Balaban J connectivity index is 2.15. The van der Waals surface area contributed by atoms with E-state index in [0.29, 0.717) is 10.9 Å². The van der Waals surface area contributed by atoms with E-state index in [0.717, 1.165) is 19.3 Å². The van der Waals surface area contributed by atoms with Crippen LogP contribution in [0.25, 0.3) is 0 Å². The summed E-state index contributed by atoms with van der Waals surface area (Å²) in [6, 6.07) is 4.48. The number of nitrogens with one attached hydrogen (secondary N) is 1. The predicted octanol–water partition coefficient (Wildman–Crippen LogP) is 3.38. The van der Waals surface area contributed by atoms with Gasteiger partial charge in [0.2, 0.25) is 0 Å². The number of carbonyl (C=O) groups is 1. The quantitative estimate of drug-likeness (QED) is 0.640. The summed E-state index contributed by atoms with van der Waals surface area (Å²) in [6.07, 6.45) is 6.50. The van der Waals surface area contributed by atoms with Crippen molar-refractivity contribution in [3.8, 4) is 0 Å². The Bertz CT molecular complexity index is 550. The summed E-state index contributed by atoms with van der Waals surface area (Å²) in [4.78, 5) is 21.3. The van der Waals surface area contributed by atoms with Gasteiger partial charge in [-0.3, -0.25) is 10.1 Å². The van der Waals surface area contributed by atoms with Gasteiger partial charge in [-0.15, -0.1) is 0 Å². The minimum Gasteiger partial charge on any atom is -0.477 e. The molecule has 7 heteroatoms. The fraction of sp³-hybridized carbons (Fsp3) is 0.500. The molecule has 0 radical (unpaired) electrons. The zero-order valence-electron chi connectivity index (χ0n) is 11.7. The van der Waals surface area contributed by atoms with Crippen molar-refractivity contribution >= 4 is 29.1 Å². The number of hydrogen-bond acceptors (Lipinski definition) is 5. The molecule has 1 aromatic carbocycles. The van der Waals surface area contributed by atoms with Crippen LogP contribution in [0.4, 0.5) is 11.4 Å². The molecule has 1 aromatic rings. The van der Waals surface area contributed by atoms with Crippen LogP contribution in [0, 0.1) is 10.1 Å². The predicted molar refractivity (Wildman–Crippen MR) is 83.2 cm³/mol. The smallest absolute Gasteiger partial charge is 0.342 e. The molecule has 0 aromatic heterocycles. The van der Waals surface area contributed by atoms with E-state index >= 15 is 0 Å². The van der Waals surface area contributed by atoms with E-state index in [9.17, 15) is 14.9 Å². The summed E-state index contributed by atoms with van der Waals surface area (Å²) in [5.74, 6) is -1.28. The largest absolute Gasteiger partial charge is 0.477 e. The standard InChI is InChI=1S/C14H18N2O4S/c1-21-11-4-2-3-9(7-11)15-10-5-6-12(14(17)18)13(8-10)16(19)20/h5-6,8-9,11,15H,2-4,7H2,1H3,(H,17,18). The molecule has 21 heavy (non-hydrogen) atoms. The Hall–Kier alpha value is -1.76. The molecular weight excluding hydrogens is 292 g/mol. The monoisotopic (exact) mass is 310 g/mol. The van der Waals surface area contributed by atoms with E-state index in [1.165, 1.54) is 18.6 Å². The number of aromatic carboxylic acids is 1. The number of carboxylic acids is 1. The van der Waals surface area contributed by atoms with Crippen molar-refractivity contribution in [1.29, 1.82) is 0 Å². The lowest BCUT2D eigenvalue weighted by atomic mass is 9.94. The van der Waals surface area contributed by atoms with Crippen LogP contribution in [-0.4, -0.2) is 33.5 Å². The fourth-order valence-corrected chi connectivity index (χ4v) is 3.51. The third-order valence-corrected chi connectivity index (χ3v) is 4.85. The van der Waals surface area contributed by atoms with E-state index in [-0.39, 0.29) is 17.3 Å². The fourth-order valence-electron chi connectivity index (χ4n) is 2.68. The van der Waals surface area contributed by atoms with E-state index in [1.54, 1.807) is 6.07 Å². The number of benzene rings is 1. The molecule has 6 nitrogen and oxygen atoms in total. The molecule has 1 aliphatic rings. The van der Waals surface area contributed by atoms with Crippen LogP contribution in [0.15, 0.2) is 18.2 Å². The highest BCUT2D eigenvalue weighted by Gasteiger charge is 2.23. The van der Waals surface area contributed by atoms with Crippen LogP contribution in [0.2, 0.25) is 0 Å². The number of carboxylic acid groups (broad SMARTS) is 1. The first kappa shape index (κ1) is 15.6. The van der Waals surface area contributed by atoms with Gasteiger partial charge in [-0.25, -0.2) is 4.79 Å². The van der Waals surface area contributed by atoms with Gasteiger partial charge in [-0.2, -0.15) is 11.8 Å². The number of hydrogen-bond donors (Lipinski definition) is 2. The lowest BCUT2D eigenvalue weighted by molar-refractivity contribution is -0.385. The SMILES string of the molecule is CSC1CCCC(Nc2ccc(C(=O)O)c([N+](=O)[O-])c2)C1. The van der Waals surface area contributed by atoms with Gasteiger partial charge in [0, 0.05) is 23.0 Å². The highest BCUT2D eigenvalue weighted by Crippen LogP contribution is 2.30. The highest BCUT2D eigenvalue weighted by molar-refractivity contribution is 7.99. The maximum atomic E-state index is 11.0. The molecule has 2 rings (SSSR count). The average Bonchev–Trinajstić information content (AvgIpc) is 2.47. The second-order valence-electron chi connectivity index (χ2n) is 5.16. The van der Waals surface area contributed by atoms with E-state index in [1.807, 2.05) is 11.8 Å². The van der Waals surface area contributed by atoms with Gasteiger partial charge >= 0.3 is 5.97 Å². The van der Waals surface area contributed by atoms with Crippen LogP contribution in [0.1, 0.15) is 36.0 Å². The van der Waals surface area contributed by atoms with Crippen LogP contribution >= 0.6 is 11.8 Å². The Morgan fingerprint density at radius 1 is 1.48 bits per heavy atom. The van der Waals surface area contributed by atoms with Gasteiger partial charge in [0.1, 0.15) is 5.56 Å². The van der Waals surface area contributed by atoms with Crippen molar-refractivity contribution in [2.75, 3.05) is 11.6 Å². The topological polar surface area (TPSA) is 92.5 Å².